The summed E-state index contributed by atoms with van der Waals surface area (Å²) >= 11 is 0. The molecule has 0 unspecified atom stereocenters. The van der Waals surface area contributed by atoms with Crippen molar-refractivity contribution in [1.82, 2.24) is 9.55 Å². The number of aromatic nitrogens is 2. The predicted molar refractivity (Wildman–Crippen MR) is 118 cm³/mol. The summed E-state index contributed by atoms with van der Waals surface area (Å²) in [6.45, 7) is 1.41. The number of carbonyl (C=O) groups is 1. The van der Waals surface area contributed by atoms with Gasteiger partial charge in [-0.15, -0.1) is 0 Å². The number of carbonyl (C=O) groups excluding carboxylic acids is 1. The van der Waals surface area contributed by atoms with Crippen LogP contribution in [0.5, 0.6) is 0 Å². The first-order valence-corrected chi connectivity index (χ1v) is 11.4. The van der Waals surface area contributed by atoms with Crippen molar-refractivity contribution in [2.75, 3.05) is 6.26 Å². The Hall–Kier alpha value is -3.58. The van der Waals surface area contributed by atoms with Gasteiger partial charge < -0.3 is 0 Å². The fraction of sp³-hybridized carbons (Fsp3) is 0.0833. The molecule has 0 aliphatic heterocycles. The maximum Gasteiger partial charge on any atom is 0.179 e. The fourth-order valence-electron chi connectivity index (χ4n) is 3.30. The third kappa shape index (κ3) is 4.18. The largest absolute Gasteiger partial charge is 0.299 e. The Balaban J connectivity index is 1.78. The van der Waals surface area contributed by atoms with E-state index in [0.717, 1.165) is 11.1 Å². The smallest absolute Gasteiger partial charge is 0.179 e. The fourth-order valence-corrected chi connectivity index (χ4v) is 3.97. The summed E-state index contributed by atoms with van der Waals surface area (Å²) in [7, 11) is -3.31. The minimum Gasteiger partial charge on any atom is -0.299 e. The van der Waals surface area contributed by atoms with E-state index in [-0.39, 0.29) is 16.4 Å². The quantitative estimate of drug-likeness (QED) is 0.417. The monoisotopic (exact) mass is 434 g/mol. The van der Waals surface area contributed by atoms with Gasteiger partial charge in [0.15, 0.2) is 15.6 Å². The first-order valence-electron chi connectivity index (χ1n) is 9.50. The number of Topliss-reactive ketones (excluding diaryl/α,β-unsaturated/α-hetero) is 1. The molecular weight excluding hydrogens is 415 g/mol. The number of sulfone groups is 1. The van der Waals surface area contributed by atoms with E-state index in [2.05, 4.69) is 4.98 Å². The maximum absolute atomic E-state index is 14.4. The van der Waals surface area contributed by atoms with Crippen LogP contribution >= 0.6 is 0 Å². The highest BCUT2D eigenvalue weighted by Gasteiger charge is 2.17. The Morgan fingerprint density at radius 2 is 1.65 bits per heavy atom. The zero-order valence-electron chi connectivity index (χ0n) is 16.9. The van der Waals surface area contributed by atoms with Crippen LogP contribution in [0.3, 0.4) is 0 Å². The molecule has 1 heterocycles. The van der Waals surface area contributed by atoms with E-state index in [1.54, 1.807) is 47.2 Å². The highest BCUT2D eigenvalue weighted by Crippen LogP contribution is 2.28. The summed E-state index contributed by atoms with van der Waals surface area (Å²) in [6.07, 6.45) is 2.76. The summed E-state index contributed by atoms with van der Waals surface area (Å²) in [4.78, 5) is 16.5. The van der Waals surface area contributed by atoms with Gasteiger partial charge in [0.2, 0.25) is 0 Å². The van der Waals surface area contributed by atoms with Crippen LogP contribution in [0.4, 0.5) is 4.39 Å². The Morgan fingerprint density at radius 3 is 2.29 bits per heavy atom. The summed E-state index contributed by atoms with van der Waals surface area (Å²) in [5.74, 6) is -0.320. The van der Waals surface area contributed by atoms with E-state index in [1.165, 1.54) is 19.2 Å². The number of nitrogens with zero attached hydrogens (tertiary/aromatic N) is 2. The Kier molecular flexibility index (Phi) is 5.29. The number of ketones is 1. The number of hydrogen-bond acceptors (Lipinski definition) is 4. The van der Waals surface area contributed by atoms with Gasteiger partial charge in [-0.05, 0) is 47.5 Å². The summed E-state index contributed by atoms with van der Waals surface area (Å²) in [5.41, 5.74) is 2.82. The molecule has 156 valence electrons. The van der Waals surface area contributed by atoms with Crippen LogP contribution in [-0.4, -0.2) is 30.0 Å². The van der Waals surface area contributed by atoms with Crippen LogP contribution in [0.2, 0.25) is 0 Å². The third-order valence-electron chi connectivity index (χ3n) is 4.92. The first kappa shape index (κ1) is 20.7. The molecule has 4 aromatic rings. The van der Waals surface area contributed by atoms with Crippen molar-refractivity contribution in [2.45, 2.75) is 11.8 Å². The SMILES string of the molecule is CC(=O)c1cn(-c2ccc(-c3cccc(S(C)(=O)=O)c3)cc2)c(-c2ccccc2F)n1. The summed E-state index contributed by atoms with van der Waals surface area (Å²) < 4.78 is 39.8. The molecule has 4 rings (SSSR count). The molecule has 0 spiro atoms. The van der Waals surface area contributed by atoms with E-state index < -0.39 is 15.7 Å². The number of hydrogen-bond donors (Lipinski definition) is 0. The molecule has 0 fully saturated rings. The third-order valence-corrected chi connectivity index (χ3v) is 6.03. The molecule has 31 heavy (non-hydrogen) atoms. The lowest BCUT2D eigenvalue weighted by atomic mass is 10.1. The molecule has 0 atom stereocenters. The van der Waals surface area contributed by atoms with Gasteiger partial charge in [0.1, 0.15) is 17.3 Å². The number of imidazole rings is 1. The molecule has 0 aliphatic carbocycles. The molecule has 0 amide bonds. The molecule has 0 saturated carbocycles. The molecule has 0 saturated heterocycles. The van der Waals surface area contributed by atoms with Gasteiger partial charge in [-0.1, -0.05) is 36.4 Å². The van der Waals surface area contributed by atoms with Gasteiger partial charge in [-0.3, -0.25) is 9.36 Å². The van der Waals surface area contributed by atoms with E-state index >= 15 is 0 Å². The van der Waals surface area contributed by atoms with Crippen molar-refractivity contribution in [1.29, 1.82) is 0 Å². The molecule has 3 aromatic carbocycles. The second-order valence-corrected chi connectivity index (χ2v) is 9.22. The van der Waals surface area contributed by atoms with E-state index in [1.807, 2.05) is 30.3 Å². The van der Waals surface area contributed by atoms with Crippen LogP contribution in [0.1, 0.15) is 17.4 Å². The summed E-state index contributed by atoms with van der Waals surface area (Å²) in [6, 6.07) is 20.3. The maximum atomic E-state index is 14.4. The topological polar surface area (TPSA) is 69.0 Å². The normalized spacial score (nSPS) is 11.5. The molecule has 7 heteroatoms. The van der Waals surface area contributed by atoms with Crippen LogP contribution in [0, 0.1) is 5.82 Å². The number of halogens is 1. The van der Waals surface area contributed by atoms with Crippen molar-refractivity contribution in [2.24, 2.45) is 0 Å². The molecule has 0 bridgehead atoms. The second-order valence-electron chi connectivity index (χ2n) is 7.20. The lowest BCUT2D eigenvalue weighted by Crippen LogP contribution is -1.98. The van der Waals surface area contributed by atoms with Gasteiger partial charge in [-0.2, -0.15) is 0 Å². The Bertz CT molecular complexity index is 1390. The minimum atomic E-state index is -3.31. The number of benzene rings is 3. The van der Waals surface area contributed by atoms with E-state index in [9.17, 15) is 17.6 Å². The molecule has 0 N–H and O–H groups in total. The first-order chi connectivity index (χ1) is 14.7. The zero-order chi connectivity index (χ0) is 22.2. The van der Waals surface area contributed by atoms with Crippen molar-refractivity contribution < 1.29 is 17.6 Å². The van der Waals surface area contributed by atoms with Gasteiger partial charge >= 0.3 is 0 Å². The average molecular weight is 434 g/mol. The van der Waals surface area contributed by atoms with Crippen molar-refractivity contribution in [3.63, 3.8) is 0 Å². The highest BCUT2D eigenvalue weighted by atomic mass is 32.2. The van der Waals surface area contributed by atoms with E-state index in [4.69, 9.17) is 0 Å². The Morgan fingerprint density at radius 1 is 0.935 bits per heavy atom. The van der Waals surface area contributed by atoms with Crippen molar-refractivity contribution in [3.05, 3.63) is 90.5 Å². The summed E-state index contributed by atoms with van der Waals surface area (Å²) in [5, 5.41) is 0. The van der Waals surface area contributed by atoms with Gasteiger partial charge in [0.25, 0.3) is 0 Å². The average Bonchev–Trinajstić information content (AvgIpc) is 3.19. The highest BCUT2D eigenvalue weighted by molar-refractivity contribution is 7.90. The van der Waals surface area contributed by atoms with Crippen LogP contribution < -0.4 is 0 Å². The molecule has 1 aromatic heterocycles. The lowest BCUT2D eigenvalue weighted by Gasteiger charge is -2.10. The standard InChI is InChI=1S/C24H19FN2O3S/c1-16(28)23-15-27(24(26-23)21-8-3-4-9-22(21)25)19-12-10-17(11-13-19)18-6-5-7-20(14-18)31(2,29)30/h3-15H,1-2H3. The van der Waals surface area contributed by atoms with Crippen LogP contribution in [0.15, 0.2) is 83.9 Å². The molecule has 0 radical (unpaired) electrons. The predicted octanol–water partition coefficient (Wildman–Crippen LogP) is 4.95. The lowest BCUT2D eigenvalue weighted by molar-refractivity contribution is 0.101. The van der Waals surface area contributed by atoms with Crippen molar-refractivity contribution in [3.8, 4) is 28.2 Å². The van der Waals surface area contributed by atoms with Gasteiger partial charge in [-0.25, -0.2) is 17.8 Å². The van der Waals surface area contributed by atoms with Crippen LogP contribution in [0.25, 0.3) is 28.2 Å². The van der Waals surface area contributed by atoms with Gasteiger partial charge in [0, 0.05) is 25.1 Å². The molecule has 5 nitrogen and oxygen atoms in total. The molecule has 0 aliphatic rings. The molecular formula is C24H19FN2O3S. The van der Waals surface area contributed by atoms with Crippen molar-refractivity contribution >= 4 is 15.6 Å². The van der Waals surface area contributed by atoms with Crippen LogP contribution in [-0.2, 0) is 9.84 Å². The number of rotatable bonds is 5. The van der Waals surface area contributed by atoms with E-state index in [0.29, 0.717) is 17.1 Å². The second kappa shape index (κ2) is 7.92. The minimum absolute atomic E-state index is 0.217. The zero-order valence-corrected chi connectivity index (χ0v) is 17.7. The Labute approximate surface area is 179 Å². The van der Waals surface area contributed by atoms with Gasteiger partial charge in [0.05, 0.1) is 10.5 Å².